The summed E-state index contributed by atoms with van der Waals surface area (Å²) in [4.78, 5) is 0. The van der Waals surface area contributed by atoms with E-state index in [4.69, 9.17) is 23.5 Å². The number of hydrogen-bond donors (Lipinski definition) is 1. The topological polar surface area (TPSA) is 128 Å². The first kappa shape index (κ1) is 31.4. The third kappa shape index (κ3) is 5.98. The van der Waals surface area contributed by atoms with Crippen LogP contribution < -0.4 is 5.73 Å². The summed E-state index contributed by atoms with van der Waals surface area (Å²) in [6.07, 6.45) is 2.12. The van der Waals surface area contributed by atoms with Gasteiger partial charge in [-0.3, -0.25) is 0 Å². The average molecular weight is 589 g/mol. The van der Waals surface area contributed by atoms with E-state index in [1.54, 1.807) is 4.68 Å². The molecule has 0 bridgehead atoms. The molecular formula is C25H48N4O6SSi2. The molecule has 4 atom stereocenters. The van der Waals surface area contributed by atoms with Gasteiger partial charge in [0.25, 0.3) is 10.1 Å². The van der Waals surface area contributed by atoms with Crippen molar-refractivity contribution in [2.75, 3.05) is 6.61 Å². The smallest absolute Gasteiger partial charge is 0.292 e. The van der Waals surface area contributed by atoms with E-state index >= 15 is 0 Å². The van der Waals surface area contributed by atoms with E-state index < -0.39 is 50.8 Å². The predicted octanol–water partition coefficient (Wildman–Crippen LogP) is 4.83. The van der Waals surface area contributed by atoms with E-state index in [1.807, 2.05) is 6.20 Å². The summed E-state index contributed by atoms with van der Waals surface area (Å²) >= 11 is 0. The molecule has 1 fully saturated rings. The molecule has 1 spiro atoms. The van der Waals surface area contributed by atoms with Crippen LogP contribution in [-0.2, 0) is 34.3 Å². The lowest BCUT2D eigenvalue weighted by atomic mass is 9.89. The van der Waals surface area contributed by atoms with E-state index in [2.05, 4.69) is 85.0 Å². The van der Waals surface area contributed by atoms with E-state index in [0.717, 1.165) is 30.4 Å². The van der Waals surface area contributed by atoms with Crippen LogP contribution in [-0.4, -0.2) is 64.5 Å². The summed E-state index contributed by atoms with van der Waals surface area (Å²) in [6.45, 7) is 23.5. The highest BCUT2D eigenvalue weighted by atomic mass is 32.2. The Hall–Kier alpha value is -1.10. The fourth-order valence-corrected chi connectivity index (χ4v) is 7.62. The van der Waals surface area contributed by atoms with Crippen molar-refractivity contribution in [3.8, 4) is 0 Å². The van der Waals surface area contributed by atoms with Crippen LogP contribution in [0.15, 0.2) is 17.3 Å². The van der Waals surface area contributed by atoms with Crippen molar-refractivity contribution < 1.29 is 26.2 Å². The van der Waals surface area contributed by atoms with Crippen molar-refractivity contribution in [2.24, 2.45) is 5.73 Å². The zero-order valence-electron chi connectivity index (χ0n) is 25.0. The zero-order valence-corrected chi connectivity index (χ0v) is 27.8. The summed E-state index contributed by atoms with van der Waals surface area (Å²) in [5.74, 6) is 0. The van der Waals surface area contributed by atoms with Crippen LogP contribution in [0.2, 0.25) is 36.3 Å². The summed E-state index contributed by atoms with van der Waals surface area (Å²) in [5.41, 5.74) is 5.82. The maximum Gasteiger partial charge on any atom is 0.292 e. The molecule has 2 N–H and O–H groups in total. The molecule has 218 valence electrons. The molecule has 10 nitrogen and oxygen atoms in total. The van der Waals surface area contributed by atoms with Crippen molar-refractivity contribution in [3.05, 3.63) is 23.0 Å². The predicted molar refractivity (Wildman–Crippen MR) is 153 cm³/mol. The third-order valence-corrected chi connectivity index (χ3v) is 18.7. The van der Waals surface area contributed by atoms with Gasteiger partial charge in [0.05, 0.1) is 29.6 Å². The second-order valence-corrected chi connectivity index (χ2v) is 24.6. The Morgan fingerprint density at radius 3 is 2.21 bits per heavy atom. The Morgan fingerprint density at radius 1 is 1.11 bits per heavy atom. The minimum absolute atomic E-state index is 0.0545. The molecule has 0 aromatic carbocycles. The number of aryl methyl sites for hydroxylation is 1. The first-order valence-electron chi connectivity index (χ1n) is 13.5. The number of hydrogen-bond acceptors (Lipinski definition) is 9. The van der Waals surface area contributed by atoms with Gasteiger partial charge in [0, 0.05) is 0 Å². The summed E-state index contributed by atoms with van der Waals surface area (Å²) < 4.78 is 53.2. The lowest BCUT2D eigenvalue weighted by Gasteiger charge is -2.43. The quantitative estimate of drug-likeness (QED) is 0.319. The van der Waals surface area contributed by atoms with Gasteiger partial charge in [-0.2, -0.15) is 8.42 Å². The number of nitrogens with two attached hydrogens (primary N) is 1. The molecule has 0 saturated carbocycles. The van der Waals surface area contributed by atoms with Gasteiger partial charge in [-0.1, -0.05) is 60.1 Å². The molecule has 3 rings (SSSR count). The molecule has 0 radical (unpaired) electrons. The maximum atomic E-state index is 12.8. The van der Waals surface area contributed by atoms with E-state index in [0.29, 0.717) is 0 Å². The van der Waals surface area contributed by atoms with Crippen molar-refractivity contribution in [1.29, 1.82) is 0 Å². The van der Waals surface area contributed by atoms with Crippen molar-refractivity contribution >= 4 is 26.8 Å². The number of nitrogens with zero attached hydrogens (tertiary/aromatic N) is 3. The van der Waals surface area contributed by atoms with Crippen LogP contribution in [0.4, 0.5) is 0 Å². The average Bonchev–Trinajstić information content (AvgIpc) is 3.39. The summed E-state index contributed by atoms with van der Waals surface area (Å²) in [6, 6.07) is 0. The molecule has 1 aromatic heterocycles. The Balaban J connectivity index is 2.12. The Kier molecular flexibility index (Phi) is 8.59. The monoisotopic (exact) mass is 588 g/mol. The molecule has 0 amide bonds. The Bertz CT molecular complexity index is 1140. The first-order chi connectivity index (χ1) is 17.2. The molecule has 0 aliphatic carbocycles. The second kappa shape index (κ2) is 10.4. The van der Waals surface area contributed by atoms with E-state index in [-0.39, 0.29) is 22.4 Å². The molecular weight excluding hydrogens is 541 g/mol. The van der Waals surface area contributed by atoms with Crippen LogP contribution in [0.1, 0.15) is 73.2 Å². The highest BCUT2D eigenvalue weighted by Crippen LogP contribution is 2.52. The molecule has 0 unspecified atom stereocenters. The highest BCUT2D eigenvalue weighted by molar-refractivity contribution is 7.90. The third-order valence-electron chi connectivity index (χ3n) is 8.67. The van der Waals surface area contributed by atoms with Gasteiger partial charge in [-0.15, -0.1) is 5.10 Å². The van der Waals surface area contributed by atoms with Crippen molar-refractivity contribution in [3.63, 3.8) is 0 Å². The van der Waals surface area contributed by atoms with Crippen molar-refractivity contribution in [1.82, 2.24) is 15.0 Å². The van der Waals surface area contributed by atoms with Crippen LogP contribution in [0.3, 0.4) is 0 Å². The fraction of sp³-hybridized carbons (Fsp3) is 0.840. The van der Waals surface area contributed by atoms with Gasteiger partial charge in [0.1, 0.15) is 12.2 Å². The van der Waals surface area contributed by atoms with Gasteiger partial charge in [0.15, 0.2) is 28.5 Å². The van der Waals surface area contributed by atoms with Gasteiger partial charge in [-0.05, 0) is 49.1 Å². The van der Waals surface area contributed by atoms with Crippen molar-refractivity contribution in [2.45, 2.75) is 128 Å². The second-order valence-electron chi connectivity index (χ2n) is 13.6. The van der Waals surface area contributed by atoms with Gasteiger partial charge < -0.3 is 19.3 Å². The normalized spacial score (nSPS) is 28.3. The van der Waals surface area contributed by atoms with Gasteiger partial charge in [0.2, 0.25) is 0 Å². The zero-order chi connectivity index (χ0) is 28.9. The van der Waals surface area contributed by atoms with Gasteiger partial charge >= 0.3 is 0 Å². The largest absolute Gasteiger partial charge is 0.414 e. The Morgan fingerprint density at radius 2 is 1.71 bits per heavy atom. The minimum Gasteiger partial charge on any atom is -0.414 e. The van der Waals surface area contributed by atoms with Crippen LogP contribution >= 0.6 is 0 Å². The number of aromatic nitrogens is 3. The lowest BCUT2D eigenvalue weighted by Crippen LogP contribution is -2.59. The molecule has 1 aromatic rings. The highest BCUT2D eigenvalue weighted by Gasteiger charge is 2.67. The summed E-state index contributed by atoms with van der Waals surface area (Å²) in [7, 11) is -8.76. The maximum absolute atomic E-state index is 12.8. The van der Waals surface area contributed by atoms with Crippen LogP contribution in [0, 0.1) is 0 Å². The van der Waals surface area contributed by atoms with E-state index in [1.165, 1.54) is 0 Å². The SMILES string of the molecule is CCCCc1cn([C@@H]2O[C@H](CO[Si](C)(C)C(C)(C)C)[C@@]3(OS(=O)(=O)C=C3N)[C@H]2O[Si](C)(C)C(C)(C)C)nn1. The molecule has 2 aliphatic heterocycles. The molecule has 3 heterocycles. The van der Waals surface area contributed by atoms with E-state index in [9.17, 15) is 8.42 Å². The first-order valence-corrected chi connectivity index (χ1v) is 20.8. The van der Waals surface area contributed by atoms with Gasteiger partial charge in [-0.25, -0.2) is 8.86 Å². The molecule has 2 aliphatic rings. The fourth-order valence-electron chi connectivity index (χ4n) is 4.11. The minimum atomic E-state index is -4.06. The summed E-state index contributed by atoms with van der Waals surface area (Å²) in [5, 5.41) is 9.47. The number of ether oxygens (including phenoxy) is 1. The van der Waals surface area contributed by atoms with Crippen LogP contribution in [0.5, 0.6) is 0 Å². The molecule has 38 heavy (non-hydrogen) atoms. The Labute approximate surface area is 231 Å². The standard InChI is InChI=1S/C25H48N4O6SSi2/c1-12-13-14-18-15-29(28-27-18)22-21(34-38(10,11)24(5,6)7)25(19(26)17-36(30,31)35-25)20(33-22)16-32-37(8,9)23(2,3)4/h15,17,20-22H,12-14,16,26H2,1-11H3/t20-,21+,22-,25-/m1/s1. The number of rotatable bonds is 9. The lowest BCUT2D eigenvalue weighted by molar-refractivity contribution is -0.0595. The number of unbranched alkanes of at least 4 members (excludes halogenated alkanes) is 1. The van der Waals surface area contributed by atoms with Crippen LogP contribution in [0.25, 0.3) is 0 Å². The molecule has 13 heteroatoms. The molecule has 1 saturated heterocycles.